The Labute approximate surface area is 152 Å². The summed E-state index contributed by atoms with van der Waals surface area (Å²) in [6, 6.07) is 13.5. The molecule has 2 rings (SSSR count). The van der Waals surface area contributed by atoms with Crippen molar-refractivity contribution in [3.8, 4) is 5.75 Å². The van der Waals surface area contributed by atoms with E-state index in [0.717, 1.165) is 12.7 Å². The fourth-order valence-corrected chi connectivity index (χ4v) is 2.30. The van der Waals surface area contributed by atoms with Gasteiger partial charge in [0.05, 0.1) is 7.11 Å². The van der Waals surface area contributed by atoms with Crippen molar-refractivity contribution in [2.24, 2.45) is 0 Å². The van der Waals surface area contributed by atoms with E-state index in [0.29, 0.717) is 11.3 Å². The molecule has 5 heteroatoms. The Morgan fingerprint density at radius 1 is 0.846 bits per heavy atom. The number of hydrogen-bond acceptors (Lipinski definition) is 5. The molecule has 2 aromatic carbocycles. The predicted octanol–water partition coefficient (Wildman–Crippen LogP) is 3.60. The van der Waals surface area contributed by atoms with Crippen molar-refractivity contribution in [2.75, 3.05) is 13.7 Å². The number of rotatable bonds is 6. The summed E-state index contributed by atoms with van der Waals surface area (Å²) in [6.45, 7) is 6.23. The quantitative estimate of drug-likeness (QED) is 0.450. The van der Waals surface area contributed by atoms with Crippen LogP contribution in [-0.4, -0.2) is 31.3 Å². The molecule has 0 aliphatic carbocycles. The first-order valence-corrected chi connectivity index (χ1v) is 8.21. The number of ketones is 2. The van der Waals surface area contributed by atoms with Gasteiger partial charge in [-0.1, -0.05) is 45.0 Å². The first kappa shape index (κ1) is 19.4. The summed E-state index contributed by atoms with van der Waals surface area (Å²) in [7, 11) is 1.15. The molecule has 0 aliphatic heterocycles. The Morgan fingerprint density at radius 3 is 1.88 bits per heavy atom. The zero-order valence-electron chi connectivity index (χ0n) is 15.4. The lowest BCUT2D eigenvalue weighted by atomic mass is 9.86. The maximum absolute atomic E-state index is 12.2. The first-order valence-electron chi connectivity index (χ1n) is 8.21. The molecule has 136 valence electrons. The monoisotopic (exact) mass is 354 g/mol. The molecule has 0 unspecified atom stereocenters. The van der Waals surface area contributed by atoms with Crippen molar-refractivity contribution in [3.63, 3.8) is 0 Å². The number of carbonyl (C=O) groups excluding carboxylic acids is 3. The van der Waals surface area contributed by atoms with Crippen molar-refractivity contribution >= 4 is 17.5 Å². The molecule has 0 N–H and O–H groups in total. The molecule has 0 saturated carbocycles. The van der Waals surface area contributed by atoms with Gasteiger partial charge < -0.3 is 9.47 Å². The van der Waals surface area contributed by atoms with Gasteiger partial charge in [-0.15, -0.1) is 0 Å². The van der Waals surface area contributed by atoms with E-state index in [1.807, 2.05) is 12.1 Å². The molecular weight excluding hydrogens is 332 g/mol. The van der Waals surface area contributed by atoms with Crippen LogP contribution in [0.5, 0.6) is 5.75 Å². The van der Waals surface area contributed by atoms with Crippen LogP contribution in [0.25, 0.3) is 0 Å². The van der Waals surface area contributed by atoms with Crippen LogP contribution in [0.1, 0.15) is 47.1 Å². The second-order valence-electron chi connectivity index (χ2n) is 6.88. The van der Waals surface area contributed by atoms with E-state index < -0.39 is 11.8 Å². The normalized spacial score (nSPS) is 10.9. The van der Waals surface area contributed by atoms with Crippen molar-refractivity contribution in [1.82, 2.24) is 0 Å². The van der Waals surface area contributed by atoms with Crippen LogP contribution >= 0.6 is 0 Å². The molecule has 0 spiro atoms. The number of carbonyl (C=O) groups is 3. The van der Waals surface area contributed by atoms with Gasteiger partial charge in [0.1, 0.15) is 5.75 Å². The molecule has 0 aliphatic rings. The van der Waals surface area contributed by atoms with Crippen LogP contribution < -0.4 is 4.74 Å². The third-order valence-corrected chi connectivity index (χ3v) is 3.93. The second kappa shape index (κ2) is 7.95. The van der Waals surface area contributed by atoms with E-state index in [9.17, 15) is 14.4 Å². The standard InChI is InChI=1S/C21H22O5/c1-21(2,3)16-9-5-14(6-10-16)18(22)13-26-17-11-7-15(8-12-17)19(23)20(24)25-4/h5-12H,13H2,1-4H3. The summed E-state index contributed by atoms with van der Waals surface area (Å²) >= 11 is 0. The largest absolute Gasteiger partial charge is 0.485 e. The van der Waals surface area contributed by atoms with Gasteiger partial charge in [0, 0.05) is 11.1 Å². The number of methoxy groups -OCH3 is 1. The Balaban J connectivity index is 1.97. The van der Waals surface area contributed by atoms with Crippen LogP contribution in [-0.2, 0) is 14.9 Å². The second-order valence-corrected chi connectivity index (χ2v) is 6.88. The lowest BCUT2D eigenvalue weighted by Gasteiger charge is -2.19. The van der Waals surface area contributed by atoms with Gasteiger partial charge >= 0.3 is 5.97 Å². The summed E-state index contributed by atoms with van der Waals surface area (Å²) in [5, 5.41) is 0. The van der Waals surface area contributed by atoms with E-state index >= 15 is 0 Å². The molecule has 0 heterocycles. The van der Waals surface area contributed by atoms with Gasteiger partial charge in [0.15, 0.2) is 12.4 Å². The molecule has 0 saturated heterocycles. The zero-order valence-corrected chi connectivity index (χ0v) is 15.4. The van der Waals surface area contributed by atoms with Crippen molar-refractivity contribution in [3.05, 3.63) is 65.2 Å². The molecule has 0 atom stereocenters. The molecule has 0 bridgehead atoms. The van der Waals surface area contributed by atoms with Crippen LogP contribution in [0.2, 0.25) is 0 Å². The highest BCUT2D eigenvalue weighted by molar-refractivity contribution is 6.40. The minimum absolute atomic E-state index is 0.0292. The fourth-order valence-electron chi connectivity index (χ4n) is 2.30. The highest BCUT2D eigenvalue weighted by atomic mass is 16.5. The van der Waals surface area contributed by atoms with Gasteiger partial charge in [0.2, 0.25) is 0 Å². The Hall–Kier alpha value is -2.95. The maximum atomic E-state index is 12.2. The maximum Gasteiger partial charge on any atom is 0.379 e. The molecule has 0 fully saturated rings. The number of esters is 1. The topological polar surface area (TPSA) is 69.7 Å². The summed E-state index contributed by atoms with van der Waals surface area (Å²) in [6.07, 6.45) is 0. The number of benzene rings is 2. The molecule has 0 aromatic heterocycles. The summed E-state index contributed by atoms with van der Waals surface area (Å²) < 4.78 is 9.85. The van der Waals surface area contributed by atoms with E-state index in [1.165, 1.54) is 24.3 Å². The lowest BCUT2D eigenvalue weighted by Crippen LogP contribution is -2.16. The van der Waals surface area contributed by atoms with Crippen molar-refractivity contribution in [2.45, 2.75) is 26.2 Å². The smallest absolute Gasteiger partial charge is 0.379 e. The van der Waals surface area contributed by atoms with Gasteiger partial charge in [-0.25, -0.2) is 4.79 Å². The van der Waals surface area contributed by atoms with Gasteiger partial charge in [0.25, 0.3) is 5.78 Å². The van der Waals surface area contributed by atoms with Crippen molar-refractivity contribution in [1.29, 1.82) is 0 Å². The highest BCUT2D eigenvalue weighted by Crippen LogP contribution is 2.22. The molecule has 26 heavy (non-hydrogen) atoms. The number of ether oxygens (including phenoxy) is 2. The molecular formula is C21H22O5. The Kier molecular flexibility index (Phi) is 5.93. The van der Waals surface area contributed by atoms with E-state index in [2.05, 4.69) is 25.5 Å². The predicted molar refractivity (Wildman–Crippen MR) is 97.8 cm³/mol. The Morgan fingerprint density at radius 2 is 1.38 bits per heavy atom. The third kappa shape index (κ3) is 4.79. The van der Waals surface area contributed by atoms with E-state index in [-0.39, 0.29) is 23.4 Å². The summed E-state index contributed by atoms with van der Waals surface area (Å²) in [5.74, 6) is -1.35. The van der Waals surface area contributed by atoms with Gasteiger partial charge in [-0.05, 0) is 35.2 Å². The SMILES string of the molecule is COC(=O)C(=O)c1ccc(OCC(=O)c2ccc(C(C)(C)C)cc2)cc1. The first-order chi connectivity index (χ1) is 12.2. The van der Waals surface area contributed by atoms with Crippen LogP contribution in [0, 0.1) is 0 Å². The third-order valence-electron chi connectivity index (χ3n) is 3.93. The average molecular weight is 354 g/mol. The minimum atomic E-state index is -0.924. The zero-order chi connectivity index (χ0) is 19.3. The molecule has 5 nitrogen and oxygen atoms in total. The van der Waals surface area contributed by atoms with Crippen LogP contribution in [0.4, 0.5) is 0 Å². The van der Waals surface area contributed by atoms with Gasteiger partial charge in [-0.3, -0.25) is 9.59 Å². The number of Topliss-reactive ketones (excluding diaryl/α,β-unsaturated/α-hetero) is 2. The van der Waals surface area contributed by atoms with Crippen LogP contribution in [0.3, 0.4) is 0 Å². The lowest BCUT2D eigenvalue weighted by molar-refractivity contribution is -0.135. The van der Waals surface area contributed by atoms with E-state index in [1.54, 1.807) is 12.1 Å². The summed E-state index contributed by atoms with van der Waals surface area (Å²) in [4.78, 5) is 35.1. The fraction of sp³-hybridized carbons (Fsp3) is 0.286. The number of hydrogen-bond donors (Lipinski definition) is 0. The minimum Gasteiger partial charge on any atom is -0.485 e. The van der Waals surface area contributed by atoms with E-state index in [4.69, 9.17) is 4.74 Å². The molecule has 2 aromatic rings. The van der Waals surface area contributed by atoms with Crippen molar-refractivity contribution < 1.29 is 23.9 Å². The van der Waals surface area contributed by atoms with Crippen LogP contribution in [0.15, 0.2) is 48.5 Å². The average Bonchev–Trinajstić information content (AvgIpc) is 2.64. The highest BCUT2D eigenvalue weighted by Gasteiger charge is 2.17. The summed E-state index contributed by atoms with van der Waals surface area (Å²) in [5.41, 5.74) is 1.96. The molecule has 0 amide bonds. The molecule has 0 radical (unpaired) electrons. The van der Waals surface area contributed by atoms with Gasteiger partial charge in [-0.2, -0.15) is 0 Å². The Bertz CT molecular complexity index is 796.